The number of benzene rings is 3. The van der Waals surface area contributed by atoms with E-state index < -0.39 is 20.6 Å². The first kappa shape index (κ1) is 23.3. The highest BCUT2D eigenvalue weighted by Gasteiger charge is 2.23. The van der Waals surface area contributed by atoms with E-state index in [1.54, 1.807) is 30.3 Å². The van der Waals surface area contributed by atoms with Crippen LogP contribution in [0.25, 0.3) is 0 Å². The number of nitrogens with one attached hydrogen (secondary N) is 2. The number of nitrogens with zero attached hydrogens (tertiary/aromatic N) is 2. The molecule has 166 valence electrons. The Kier molecular flexibility index (Phi) is 7.18. The molecule has 0 unspecified atom stereocenters. The molecule has 12 heteroatoms. The Morgan fingerprint density at radius 1 is 1.06 bits per heavy atom. The van der Waals surface area contributed by atoms with Crippen LogP contribution in [-0.2, 0) is 10.0 Å². The Morgan fingerprint density at radius 2 is 1.81 bits per heavy atom. The SMILES string of the molecule is COc1ccccc1NS(=O)(=O)c1cc([N+](=O)[O-])ccc1NN=Cc1ccc(Cl)cc1Cl. The lowest BCUT2D eigenvalue weighted by molar-refractivity contribution is -0.385. The molecule has 0 aliphatic heterocycles. The van der Waals surface area contributed by atoms with Gasteiger partial charge in [0.15, 0.2) is 0 Å². The molecular weight excluding hydrogens is 479 g/mol. The van der Waals surface area contributed by atoms with Gasteiger partial charge in [-0.2, -0.15) is 5.10 Å². The lowest BCUT2D eigenvalue weighted by Crippen LogP contribution is -2.15. The first-order chi connectivity index (χ1) is 15.2. The molecule has 3 aromatic carbocycles. The summed E-state index contributed by atoms with van der Waals surface area (Å²) in [6, 6.07) is 14.5. The molecule has 0 spiro atoms. The minimum absolute atomic E-state index is 0.0133. The maximum Gasteiger partial charge on any atom is 0.270 e. The fourth-order valence-corrected chi connectivity index (χ4v) is 4.35. The van der Waals surface area contributed by atoms with Crippen molar-refractivity contribution < 1.29 is 18.1 Å². The molecule has 3 aromatic rings. The normalized spacial score (nSPS) is 11.3. The van der Waals surface area contributed by atoms with Gasteiger partial charge in [0.05, 0.1) is 34.6 Å². The standard InChI is InChI=1S/C20H16Cl2N4O5S/c1-31-19-5-3-2-4-17(19)25-32(29,30)20-11-15(26(27)28)8-9-18(20)24-23-12-13-6-7-14(21)10-16(13)22/h2-12,24-25H,1H3. The number of ether oxygens (including phenoxy) is 1. The summed E-state index contributed by atoms with van der Waals surface area (Å²) >= 11 is 12.0. The Bertz CT molecular complexity index is 1300. The number of hydrogen-bond donors (Lipinski definition) is 2. The van der Waals surface area contributed by atoms with Gasteiger partial charge in [0.25, 0.3) is 15.7 Å². The fourth-order valence-electron chi connectivity index (χ4n) is 2.65. The molecule has 0 heterocycles. The first-order valence-electron chi connectivity index (χ1n) is 8.89. The predicted octanol–water partition coefficient (Wildman–Crippen LogP) is 5.16. The number of rotatable bonds is 8. The van der Waals surface area contributed by atoms with E-state index in [9.17, 15) is 18.5 Å². The van der Waals surface area contributed by atoms with Gasteiger partial charge in [0.2, 0.25) is 0 Å². The van der Waals surface area contributed by atoms with Crippen molar-refractivity contribution in [1.82, 2.24) is 0 Å². The number of para-hydroxylation sites is 2. The average molecular weight is 495 g/mol. The summed E-state index contributed by atoms with van der Waals surface area (Å²) < 4.78 is 33.7. The van der Waals surface area contributed by atoms with Crippen molar-refractivity contribution in [3.8, 4) is 5.75 Å². The van der Waals surface area contributed by atoms with Gasteiger partial charge in [-0.1, -0.05) is 41.4 Å². The number of methoxy groups -OCH3 is 1. The lowest BCUT2D eigenvalue weighted by atomic mass is 10.2. The summed E-state index contributed by atoms with van der Waals surface area (Å²) in [5, 5.41) is 16.0. The van der Waals surface area contributed by atoms with Crippen LogP contribution in [0.2, 0.25) is 10.0 Å². The molecule has 3 rings (SSSR count). The van der Waals surface area contributed by atoms with Crippen LogP contribution in [0.3, 0.4) is 0 Å². The molecule has 0 atom stereocenters. The van der Waals surface area contributed by atoms with E-state index in [0.717, 1.165) is 12.1 Å². The van der Waals surface area contributed by atoms with Crippen LogP contribution in [-0.4, -0.2) is 26.7 Å². The minimum atomic E-state index is -4.26. The number of nitro groups is 1. The summed E-state index contributed by atoms with van der Waals surface area (Å²) in [5.74, 6) is 0.284. The van der Waals surface area contributed by atoms with E-state index in [2.05, 4.69) is 15.2 Å². The number of non-ortho nitro benzene ring substituents is 1. The van der Waals surface area contributed by atoms with Crippen LogP contribution in [0.15, 0.2) is 70.7 Å². The number of nitro benzene ring substituents is 1. The zero-order chi connectivity index (χ0) is 23.3. The van der Waals surface area contributed by atoms with E-state index in [-0.39, 0.29) is 22.0 Å². The van der Waals surface area contributed by atoms with Gasteiger partial charge in [-0.05, 0) is 30.3 Å². The van der Waals surface area contributed by atoms with Gasteiger partial charge < -0.3 is 4.74 Å². The number of anilines is 2. The van der Waals surface area contributed by atoms with E-state index >= 15 is 0 Å². The summed E-state index contributed by atoms with van der Waals surface area (Å²) in [7, 11) is -2.86. The van der Waals surface area contributed by atoms with Crippen molar-refractivity contribution in [2.45, 2.75) is 4.90 Å². The van der Waals surface area contributed by atoms with Gasteiger partial charge in [-0.3, -0.25) is 20.3 Å². The Hall–Kier alpha value is -3.34. The van der Waals surface area contributed by atoms with Crippen LogP contribution in [0, 0.1) is 10.1 Å². The highest BCUT2D eigenvalue weighted by Crippen LogP contribution is 2.31. The Labute approximate surface area is 193 Å². The molecule has 0 amide bonds. The maximum absolute atomic E-state index is 13.1. The second-order valence-corrected chi connectivity index (χ2v) is 8.77. The number of sulfonamides is 1. The van der Waals surface area contributed by atoms with Crippen molar-refractivity contribution in [2.24, 2.45) is 5.10 Å². The Balaban J connectivity index is 1.97. The van der Waals surface area contributed by atoms with Crippen molar-refractivity contribution in [2.75, 3.05) is 17.3 Å². The van der Waals surface area contributed by atoms with Crippen molar-refractivity contribution in [1.29, 1.82) is 0 Å². The van der Waals surface area contributed by atoms with Crippen LogP contribution in [0.5, 0.6) is 5.75 Å². The molecular formula is C20H16Cl2N4O5S. The van der Waals surface area contributed by atoms with Crippen molar-refractivity contribution >= 4 is 56.5 Å². The molecule has 0 bridgehead atoms. The first-order valence-corrected chi connectivity index (χ1v) is 11.1. The highest BCUT2D eigenvalue weighted by molar-refractivity contribution is 7.93. The summed E-state index contributed by atoms with van der Waals surface area (Å²) in [5.41, 5.74) is 2.91. The smallest absolute Gasteiger partial charge is 0.270 e. The fraction of sp³-hybridized carbons (Fsp3) is 0.0500. The monoisotopic (exact) mass is 494 g/mol. The van der Waals surface area contributed by atoms with Crippen LogP contribution < -0.4 is 14.9 Å². The van der Waals surface area contributed by atoms with Crippen molar-refractivity contribution in [3.05, 3.63) is 86.4 Å². The molecule has 0 saturated carbocycles. The Morgan fingerprint density at radius 3 is 2.50 bits per heavy atom. The molecule has 0 radical (unpaired) electrons. The maximum atomic E-state index is 13.1. The number of halogens is 2. The molecule has 0 aromatic heterocycles. The minimum Gasteiger partial charge on any atom is -0.495 e. The summed E-state index contributed by atoms with van der Waals surface area (Å²) in [4.78, 5) is 10.1. The lowest BCUT2D eigenvalue weighted by Gasteiger charge is -2.14. The third-order valence-corrected chi connectivity index (χ3v) is 6.14. The van der Waals surface area contributed by atoms with Gasteiger partial charge in [-0.25, -0.2) is 8.42 Å². The van der Waals surface area contributed by atoms with Gasteiger partial charge in [0.1, 0.15) is 10.6 Å². The van der Waals surface area contributed by atoms with Gasteiger partial charge >= 0.3 is 0 Å². The molecule has 32 heavy (non-hydrogen) atoms. The summed E-state index contributed by atoms with van der Waals surface area (Å²) in [6.45, 7) is 0. The summed E-state index contributed by atoms with van der Waals surface area (Å²) in [6.07, 6.45) is 1.37. The van der Waals surface area contributed by atoms with E-state index in [1.807, 2.05) is 0 Å². The van der Waals surface area contributed by atoms with Crippen molar-refractivity contribution in [3.63, 3.8) is 0 Å². The highest BCUT2D eigenvalue weighted by atomic mass is 35.5. The number of hydrogen-bond acceptors (Lipinski definition) is 7. The molecule has 0 aliphatic carbocycles. The quantitative estimate of drug-likeness (QED) is 0.253. The van der Waals surface area contributed by atoms with E-state index in [1.165, 1.54) is 31.5 Å². The topological polar surface area (TPSA) is 123 Å². The predicted molar refractivity (Wildman–Crippen MR) is 125 cm³/mol. The van der Waals surface area contributed by atoms with Crippen LogP contribution in [0.1, 0.15) is 5.56 Å². The van der Waals surface area contributed by atoms with Gasteiger partial charge in [0, 0.05) is 22.7 Å². The third kappa shape index (κ3) is 5.47. The molecule has 0 saturated heterocycles. The van der Waals surface area contributed by atoms with E-state index in [0.29, 0.717) is 15.6 Å². The molecule has 0 aliphatic rings. The zero-order valence-electron chi connectivity index (χ0n) is 16.5. The number of hydrazone groups is 1. The third-order valence-electron chi connectivity index (χ3n) is 4.17. The van der Waals surface area contributed by atoms with Gasteiger partial charge in [-0.15, -0.1) is 0 Å². The molecule has 2 N–H and O–H groups in total. The largest absolute Gasteiger partial charge is 0.495 e. The molecule has 0 fully saturated rings. The molecule has 9 nitrogen and oxygen atoms in total. The van der Waals surface area contributed by atoms with Crippen LogP contribution in [0.4, 0.5) is 17.1 Å². The average Bonchev–Trinajstić information content (AvgIpc) is 2.75. The second-order valence-electron chi connectivity index (χ2n) is 6.28. The van der Waals surface area contributed by atoms with E-state index in [4.69, 9.17) is 27.9 Å². The van der Waals surface area contributed by atoms with Crippen LogP contribution >= 0.6 is 23.2 Å². The second kappa shape index (κ2) is 9.86. The zero-order valence-corrected chi connectivity index (χ0v) is 18.8.